The van der Waals surface area contributed by atoms with Crippen LogP contribution in [0.15, 0.2) is 89.5 Å². The van der Waals surface area contributed by atoms with Gasteiger partial charge in [-0.05, 0) is 60.7 Å². The first-order chi connectivity index (χ1) is 18.9. The monoisotopic (exact) mass is 542 g/mol. The molecule has 2 aromatic carbocycles. The van der Waals surface area contributed by atoms with Gasteiger partial charge < -0.3 is 29.8 Å². The number of amides is 1. The van der Waals surface area contributed by atoms with Crippen LogP contribution in [0.5, 0.6) is 5.75 Å². The molecule has 2 atom stereocenters. The molecule has 0 spiro atoms. The van der Waals surface area contributed by atoms with Crippen LogP contribution in [0.4, 0.5) is 5.69 Å². The van der Waals surface area contributed by atoms with E-state index in [1.807, 2.05) is 47.4 Å². The first kappa shape index (κ1) is 25.9. The van der Waals surface area contributed by atoms with Gasteiger partial charge in [0.2, 0.25) is 5.91 Å². The van der Waals surface area contributed by atoms with E-state index >= 15 is 0 Å². The maximum atomic E-state index is 12.9. The van der Waals surface area contributed by atoms with Crippen LogP contribution >= 0.6 is 12.2 Å². The molecular weight excluding hydrogens is 516 g/mol. The summed E-state index contributed by atoms with van der Waals surface area (Å²) >= 11 is 5.69. The van der Waals surface area contributed by atoms with Crippen molar-refractivity contribution in [1.82, 2.24) is 15.2 Å². The molecule has 0 bridgehead atoms. The lowest BCUT2D eigenvalue weighted by atomic mass is 10.0. The van der Waals surface area contributed by atoms with Crippen molar-refractivity contribution in [2.75, 3.05) is 19.0 Å². The fourth-order valence-electron chi connectivity index (χ4n) is 4.58. The third-order valence-corrected chi connectivity index (χ3v) is 6.85. The Morgan fingerprint density at radius 3 is 2.56 bits per heavy atom. The number of thiocarbonyl (C=S) groups is 1. The van der Waals surface area contributed by atoms with E-state index in [0.717, 1.165) is 11.3 Å². The normalized spacial score (nSPS) is 16.5. The molecule has 0 saturated carbocycles. The molecule has 3 heterocycles. The number of para-hydroxylation sites is 2. The molecule has 39 heavy (non-hydrogen) atoms. The Balaban J connectivity index is 1.39. The van der Waals surface area contributed by atoms with Crippen LogP contribution in [0, 0.1) is 0 Å². The van der Waals surface area contributed by atoms with Crippen LogP contribution < -0.4 is 15.4 Å². The Morgan fingerprint density at radius 1 is 1.08 bits per heavy atom. The summed E-state index contributed by atoms with van der Waals surface area (Å²) in [6.07, 6.45) is 1.90. The Morgan fingerprint density at radius 2 is 1.85 bits per heavy atom. The molecule has 5 rings (SSSR count). The number of anilines is 1. The summed E-state index contributed by atoms with van der Waals surface area (Å²) in [5.74, 6) is 0.641. The van der Waals surface area contributed by atoms with E-state index in [4.69, 9.17) is 21.4 Å². The van der Waals surface area contributed by atoms with Crippen LogP contribution in [-0.4, -0.2) is 45.6 Å². The zero-order valence-corrected chi connectivity index (χ0v) is 21.9. The molecule has 3 N–H and O–H groups in total. The minimum atomic E-state index is -0.990. The number of aromatic nitrogens is 1. The van der Waals surface area contributed by atoms with E-state index in [2.05, 4.69) is 15.6 Å². The quantitative estimate of drug-likeness (QED) is 0.250. The van der Waals surface area contributed by atoms with Crippen molar-refractivity contribution in [3.05, 3.63) is 102 Å². The number of carbonyl (C=O) groups is 2. The fraction of sp³-hybridized carbons (Fsp3) is 0.172. The third-order valence-electron chi connectivity index (χ3n) is 6.49. The number of carbonyl (C=O) groups excluding carboxylic acids is 1. The summed E-state index contributed by atoms with van der Waals surface area (Å²) in [4.78, 5) is 30.6. The zero-order chi connectivity index (χ0) is 27.4. The highest BCUT2D eigenvalue weighted by atomic mass is 32.1. The Labute approximate surface area is 230 Å². The van der Waals surface area contributed by atoms with Gasteiger partial charge in [0, 0.05) is 24.7 Å². The highest BCUT2D eigenvalue weighted by molar-refractivity contribution is 7.80. The SMILES string of the molecule is COc1ccccc1NC(=O)CCN1C(=S)N[C@@H](c2ccccn2)[C@@H]1c1ccc(-c2ccc(C(=O)O)cc2)o1. The van der Waals surface area contributed by atoms with Gasteiger partial charge in [-0.3, -0.25) is 9.78 Å². The number of carboxylic acids is 1. The molecule has 0 aliphatic carbocycles. The summed E-state index contributed by atoms with van der Waals surface area (Å²) in [6, 6.07) is 22.4. The molecular formula is C29H26N4O5S. The number of aromatic carboxylic acids is 1. The molecule has 10 heteroatoms. The summed E-state index contributed by atoms with van der Waals surface area (Å²) in [5, 5.41) is 15.9. The molecule has 1 saturated heterocycles. The van der Waals surface area contributed by atoms with E-state index in [1.165, 1.54) is 12.1 Å². The number of hydrogen-bond acceptors (Lipinski definition) is 6. The molecule has 2 aromatic heterocycles. The minimum absolute atomic E-state index is 0.176. The van der Waals surface area contributed by atoms with E-state index in [0.29, 0.717) is 34.6 Å². The van der Waals surface area contributed by atoms with Crippen LogP contribution in [0.1, 0.15) is 40.3 Å². The van der Waals surface area contributed by atoms with Gasteiger partial charge >= 0.3 is 5.97 Å². The second-order valence-corrected chi connectivity index (χ2v) is 9.29. The number of carboxylic acid groups (broad SMARTS) is 1. The van der Waals surface area contributed by atoms with Gasteiger partial charge in [0.15, 0.2) is 5.11 Å². The van der Waals surface area contributed by atoms with E-state index in [1.54, 1.807) is 37.6 Å². The van der Waals surface area contributed by atoms with Crippen LogP contribution in [0.25, 0.3) is 11.3 Å². The predicted molar refractivity (Wildman–Crippen MR) is 150 cm³/mol. The van der Waals surface area contributed by atoms with Crippen molar-refractivity contribution in [3.8, 4) is 17.1 Å². The third kappa shape index (κ3) is 5.60. The predicted octanol–water partition coefficient (Wildman–Crippen LogP) is 5.05. The molecule has 1 amide bonds. The van der Waals surface area contributed by atoms with Crippen molar-refractivity contribution in [2.45, 2.75) is 18.5 Å². The molecule has 1 fully saturated rings. The number of rotatable bonds is 9. The summed E-state index contributed by atoms with van der Waals surface area (Å²) < 4.78 is 11.6. The molecule has 0 unspecified atom stereocenters. The molecule has 0 radical (unpaired) electrons. The lowest BCUT2D eigenvalue weighted by Crippen LogP contribution is -2.32. The van der Waals surface area contributed by atoms with Crippen molar-refractivity contribution >= 4 is 34.9 Å². The topological polar surface area (TPSA) is 117 Å². The number of benzene rings is 2. The maximum Gasteiger partial charge on any atom is 0.335 e. The van der Waals surface area contributed by atoms with Crippen molar-refractivity contribution < 1.29 is 23.8 Å². The second-order valence-electron chi connectivity index (χ2n) is 8.90. The number of methoxy groups -OCH3 is 1. The second kappa shape index (κ2) is 11.4. The van der Waals surface area contributed by atoms with Crippen LogP contribution in [-0.2, 0) is 4.79 Å². The molecule has 198 valence electrons. The van der Waals surface area contributed by atoms with Gasteiger partial charge in [-0.25, -0.2) is 4.79 Å². The summed E-state index contributed by atoms with van der Waals surface area (Å²) in [5.41, 5.74) is 2.33. The largest absolute Gasteiger partial charge is 0.495 e. The van der Waals surface area contributed by atoms with E-state index < -0.39 is 5.97 Å². The summed E-state index contributed by atoms with van der Waals surface area (Å²) in [7, 11) is 1.56. The Kier molecular flexibility index (Phi) is 7.55. The lowest BCUT2D eigenvalue weighted by Gasteiger charge is -2.26. The molecule has 1 aliphatic heterocycles. The Hall–Kier alpha value is -4.70. The number of nitrogens with one attached hydrogen (secondary N) is 2. The molecule has 9 nitrogen and oxygen atoms in total. The molecule has 4 aromatic rings. The smallest absolute Gasteiger partial charge is 0.335 e. The average Bonchev–Trinajstić information content (AvgIpc) is 3.57. The van der Waals surface area contributed by atoms with Crippen molar-refractivity contribution in [1.29, 1.82) is 0 Å². The number of hydrogen-bond donors (Lipinski definition) is 3. The van der Waals surface area contributed by atoms with E-state index in [9.17, 15) is 14.7 Å². The van der Waals surface area contributed by atoms with Crippen molar-refractivity contribution in [2.24, 2.45) is 0 Å². The first-order valence-electron chi connectivity index (χ1n) is 12.3. The first-order valence-corrected chi connectivity index (χ1v) is 12.7. The van der Waals surface area contributed by atoms with Gasteiger partial charge in [0.25, 0.3) is 0 Å². The average molecular weight is 543 g/mol. The van der Waals surface area contributed by atoms with E-state index in [-0.39, 0.29) is 30.0 Å². The number of pyridine rings is 1. The standard InChI is InChI=1S/C29H26N4O5S/c1-37-23-8-3-2-6-20(23)31-25(34)15-17-33-27(26(32-29(33)39)21-7-4-5-16-30-21)24-14-13-22(38-24)18-9-11-19(12-10-18)28(35)36/h2-14,16,26-27H,15,17H2,1H3,(H,31,34)(H,32,39)(H,35,36)/t26-,27-/m0/s1. The minimum Gasteiger partial charge on any atom is -0.495 e. The zero-order valence-electron chi connectivity index (χ0n) is 21.0. The Bertz CT molecular complexity index is 1490. The lowest BCUT2D eigenvalue weighted by molar-refractivity contribution is -0.116. The summed E-state index contributed by atoms with van der Waals surface area (Å²) in [6.45, 7) is 0.337. The van der Waals surface area contributed by atoms with Crippen molar-refractivity contribution in [3.63, 3.8) is 0 Å². The van der Waals surface area contributed by atoms with Gasteiger partial charge in [-0.1, -0.05) is 30.3 Å². The fourth-order valence-corrected chi connectivity index (χ4v) is 4.91. The van der Waals surface area contributed by atoms with Crippen LogP contribution in [0.2, 0.25) is 0 Å². The highest BCUT2D eigenvalue weighted by Crippen LogP contribution is 2.40. The number of ether oxygens (including phenoxy) is 1. The van der Waals surface area contributed by atoms with Crippen LogP contribution in [0.3, 0.4) is 0 Å². The maximum absolute atomic E-state index is 12.9. The highest BCUT2D eigenvalue weighted by Gasteiger charge is 2.41. The van der Waals surface area contributed by atoms with Gasteiger partial charge in [0.1, 0.15) is 23.3 Å². The number of furan rings is 1. The molecule has 1 aliphatic rings. The van der Waals surface area contributed by atoms with Gasteiger partial charge in [-0.15, -0.1) is 0 Å². The van der Waals surface area contributed by atoms with Gasteiger partial charge in [0.05, 0.1) is 30.1 Å². The number of nitrogens with zero attached hydrogens (tertiary/aromatic N) is 2. The van der Waals surface area contributed by atoms with Gasteiger partial charge in [-0.2, -0.15) is 0 Å².